The average molecular weight is 677 g/mol. The summed E-state index contributed by atoms with van der Waals surface area (Å²) in [5.74, 6) is -0.929. The van der Waals surface area contributed by atoms with Gasteiger partial charge in [-0.3, -0.25) is 14.4 Å². The Morgan fingerprint density at radius 3 is 2.28 bits per heavy atom. The largest absolute Gasteiger partial charge is 0.504 e. The van der Waals surface area contributed by atoms with Crippen LogP contribution in [-0.4, -0.2) is 53.7 Å². The van der Waals surface area contributed by atoms with E-state index in [1.54, 1.807) is 13.8 Å². The molecule has 10 rings (SSSR count). The molecule has 2 saturated heterocycles. The molecule has 1 N–H and O–H groups in total. The molecule has 2 aromatic carbocycles. The van der Waals surface area contributed by atoms with Gasteiger partial charge in [0.2, 0.25) is 5.78 Å². The summed E-state index contributed by atoms with van der Waals surface area (Å²) in [7, 11) is 0. The minimum Gasteiger partial charge on any atom is -0.504 e. The molecule has 2 aromatic rings. The van der Waals surface area contributed by atoms with Gasteiger partial charge in [0.25, 0.3) is 0 Å². The molecular weight excluding hydrogens is 632 g/mol. The second-order valence-electron chi connectivity index (χ2n) is 16.4. The average Bonchev–Trinajstić information content (AvgIpc) is 3.53. The van der Waals surface area contributed by atoms with Crippen molar-refractivity contribution in [3.05, 3.63) is 106 Å². The van der Waals surface area contributed by atoms with Gasteiger partial charge in [0.15, 0.2) is 22.9 Å². The van der Waals surface area contributed by atoms with Crippen molar-refractivity contribution in [3.8, 4) is 0 Å². The number of ether oxygens (including phenoxy) is 4. The number of carbonyl (C=O) groups excluding carboxylic acids is 3. The van der Waals surface area contributed by atoms with E-state index in [0.29, 0.717) is 62.1 Å². The molecule has 8 atom stereocenters. The van der Waals surface area contributed by atoms with Crippen LogP contribution in [0.1, 0.15) is 64.0 Å². The quantitative estimate of drug-likeness (QED) is 0.172. The van der Waals surface area contributed by atoms with Gasteiger partial charge in [0.1, 0.15) is 12.9 Å². The Morgan fingerprint density at radius 1 is 0.940 bits per heavy atom. The molecule has 8 heteroatoms. The smallest absolute Gasteiger partial charge is 0.224 e. The predicted octanol–water partition coefficient (Wildman–Crippen LogP) is 6.54. The molecule has 8 nitrogen and oxygen atoms in total. The zero-order valence-electron chi connectivity index (χ0n) is 29.0. The molecule has 4 bridgehead atoms. The number of Topliss-reactive ketones (excluding diaryl/α,β-unsaturated/α-hetero) is 3. The Balaban J connectivity index is 1.08. The van der Waals surface area contributed by atoms with Gasteiger partial charge in [0.05, 0.1) is 31.3 Å². The first-order valence-electron chi connectivity index (χ1n) is 18.0. The maximum atomic E-state index is 14.9. The Morgan fingerprint density at radius 2 is 1.60 bits per heavy atom. The molecular formula is C42H44O8. The van der Waals surface area contributed by atoms with Crippen LogP contribution >= 0.6 is 0 Å². The Labute approximate surface area is 292 Å². The molecule has 2 heterocycles. The van der Waals surface area contributed by atoms with Crippen molar-refractivity contribution >= 4 is 17.3 Å². The number of aliphatic hydroxyl groups excluding tert-OH is 1. The first-order chi connectivity index (χ1) is 23.9. The number of hydrogen-bond donors (Lipinski definition) is 1. The summed E-state index contributed by atoms with van der Waals surface area (Å²) in [5.41, 5.74) is -0.479. The molecule has 0 aromatic heterocycles. The van der Waals surface area contributed by atoms with Crippen LogP contribution in [-0.2, 0) is 46.5 Å². The van der Waals surface area contributed by atoms with Crippen LogP contribution in [0.25, 0.3) is 0 Å². The van der Waals surface area contributed by atoms with E-state index in [1.165, 1.54) is 0 Å². The highest BCUT2D eigenvalue weighted by Crippen LogP contribution is 2.90. The fourth-order valence-corrected chi connectivity index (χ4v) is 11.9. The van der Waals surface area contributed by atoms with E-state index in [-0.39, 0.29) is 35.8 Å². The minimum absolute atomic E-state index is 0.00309. The van der Waals surface area contributed by atoms with Crippen molar-refractivity contribution in [1.29, 1.82) is 0 Å². The van der Waals surface area contributed by atoms with Crippen LogP contribution in [0.15, 0.2) is 95.3 Å². The number of aliphatic hydroxyl groups is 1. The highest BCUT2D eigenvalue weighted by Gasteiger charge is 2.88. The summed E-state index contributed by atoms with van der Waals surface area (Å²) < 4.78 is 25.2. The van der Waals surface area contributed by atoms with Crippen LogP contribution in [0.3, 0.4) is 0 Å². The van der Waals surface area contributed by atoms with Crippen molar-refractivity contribution in [2.75, 3.05) is 13.4 Å². The summed E-state index contributed by atoms with van der Waals surface area (Å²) in [6.45, 7) is 12.1. The van der Waals surface area contributed by atoms with Crippen LogP contribution in [0, 0.1) is 33.5 Å². The number of fused-ring (bicyclic) bond motifs is 2. The van der Waals surface area contributed by atoms with Gasteiger partial charge >= 0.3 is 0 Å². The standard InChI is InChI=1S/C42H44O8/c1-24-40(29-17-27(29)22-47-20-25-11-7-5-8-12-25)19-31(49-23-48-21-26-13-9-6-10-14-26)42(24)32-28(15-16-39(40,42)4)36(46)41-18-30(43)37(50-41)38(2,3)35(41)34(45)33(32)44/h5-14,27,29,31,37,45H,1,15-23H2,2-4H3/t27-,29+,31-,37-,39-,40+,41+,42+/m0/s1. The molecule has 8 aliphatic rings. The first-order valence-corrected chi connectivity index (χ1v) is 18.0. The minimum atomic E-state index is -1.65. The lowest BCUT2D eigenvalue weighted by Gasteiger charge is -2.69. The van der Waals surface area contributed by atoms with E-state index in [2.05, 4.69) is 19.1 Å². The number of allylic oxidation sites excluding steroid dienone is 1. The van der Waals surface area contributed by atoms with Crippen molar-refractivity contribution in [1.82, 2.24) is 0 Å². The van der Waals surface area contributed by atoms with Gasteiger partial charge < -0.3 is 24.1 Å². The van der Waals surface area contributed by atoms with Gasteiger partial charge in [-0.2, -0.15) is 0 Å². The summed E-state index contributed by atoms with van der Waals surface area (Å²) in [6, 6.07) is 20.0. The summed E-state index contributed by atoms with van der Waals surface area (Å²) in [5, 5.41) is 11.9. The molecule has 2 aliphatic heterocycles. The summed E-state index contributed by atoms with van der Waals surface area (Å²) in [4.78, 5) is 42.8. The fourth-order valence-electron chi connectivity index (χ4n) is 11.9. The lowest BCUT2D eigenvalue weighted by molar-refractivity contribution is -0.153. The van der Waals surface area contributed by atoms with E-state index >= 15 is 0 Å². The van der Waals surface area contributed by atoms with Gasteiger partial charge in [-0.15, -0.1) is 0 Å². The second-order valence-corrected chi connectivity index (χ2v) is 16.4. The van der Waals surface area contributed by atoms with Crippen LogP contribution in [0.2, 0.25) is 0 Å². The Hall–Kier alpha value is -3.69. The highest BCUT2D eigenvalue weighted by molar-refractivity contribution is 6.22. The number of hydrogen-bond acceptors (Lipinski definition) is 8. The maximum absolute atomic E-state index is 14.9. The van der Waals surface area contributed by atoms with Gasteiger partial charge in [-0.05, 0) is 54.1 Å². The van der Waals surface area contributed by atoms with E-state index in [4.69, 9.17) is 25.5 Å². The van der Waals surface area contributed by atoms with Gasteiger partial charge in [0, 0.05) is 34.0 Å². The zero-order chi connectivity index (χ0) is 34.8. The van der Waals surface area contributed by atoms with Crippen molar-refractivity contribution in [2.45, 2.75) is 83.9 Å². The number of rotatable bonds is 10. The van der Waals surface area contributed by atoms with E-state index in [1.807, 2.05) is 48.5 Å². The fraction of sp³-hybridized carbons (Fsp3) is 0.500. The molecule has 0 radical (unpaired) electrons. The monoisotopic (exact) mass is 676 g/mol. The van der Waals surface area contributed by atoms with Crippen molar-refractivity contribution in [2.24, 2.45) is 33.5 Å². The Kier molecular flexibility index (Phi) is 6.88. The van der Waals surface area contributed by atoms with Crippen molar-refractivity contribution in [3.63, 3.8) is 0 Å². The molecule has 4 saturated carbocycles. The van der Waals surface area contributed by atoms with Gasteiger partial charge in [-0.1, -0.05) is 93.6 Å². The van der Waals surface area contributed by atoms with E-state index < -0.39 is 45.6 Å². The first kappa shape index (κ1) is 32.2. The van der Waals surface area contributed by atoms with Crippen molar-refractivity contribution < 1.29 is 38.4 Å². The molecule has 50 heavy (non-hydrogen) atoms. The number of carbonyl (C=O) groups is 3. The molecule has 6 fully saturated rings. The van der Waals surface area contributed by atoms with E-state index in [0.717, 1.165) is 23.1 Å². The third-order valence-electron chi connectivity index (χ3n) is 14.0. The summed E-state index contributed by atoms with van der Waals surface area (Å²) >= 11 is 0. The van der Waals surface area contributed by atoms with Crippen LogP contribution < -0.4 is 0 Å². The van der Waals surface area contributed by atoms with Crippen LogP contribution in [0.4, 0.5) is 0 Å². The Bertz CT molecular complexity index is 1910. The zero-order valence-corrected chi connectivity index (χ0v) is 29.0. The van der Waals surface area contributed by atoms with Gasteiger partial charge in [-0.25, -0.2) is 0 Å². The van der Waals surface area contributed by atoms with Crippen LogP contribution in [0.5, 0.6) is 0 Å². The van der Waals surface area contributed by atoms with E-state index in [9.17, 15) is 19.5 Å². The number of benzene rings is 2. The molecule has 0 unspecified atom stereocenters. The number of ketones is 3. The molecule has 2 spiro atoms. The maximum Gasteiger partial charge on any atom is 0.224 e. The summed E-state index contributed by atoms with van der Waals surface area (Å²) in [6.07, 6.45) is 1.09. The molecule has 6 aliphatic carbocycles. The lowest BCUT2D eigenvalue weighted by atomic mass is 9.33. The highest BCUT2D eigenvalue weighted by atomic mass is 16.7. The third-order valence-corrected chi connectivity index (χ3v) is 14.0. The topological polar surface area (TPSA) is 108 Å². The lowest BCUT2D eigenvalue weighted by Crippen LogP contribution is -2.66. The SMILES string of the molecule is C=C1[C@@]23C4=C(CC[C@@]2(C)[C@]1([C@@H]1C[C@H]1COCc1ccccc1)C[C@@H]3OCOCc1ccccc1)C(=O)[C@]12CC(=O)[C@H](O1)C(C)(C)C2=C(O)C4=O. The normalized spacial score (nSPS) is 38.9. The third kappa shape index (κ3) is 3.78. The second kappa shape index (κ2) is 10.7. The molecule has 0 amide bonds. The molecule has 260 valence electrons. The predicted molar refractivity (Wildman–Crippen MR) is 182 cm³/mol.